The Balaban J connectivity index is 1.38. The number of carbonyl (C=O) groups excluding carboxylic acids is 1. The lowest BCUT2D eigenvalue weighted by Gasteiger charge is -2.26. The average molecular weight is 514 g/mol. The first kappa shape index (κ1) is 22.2. The van der Waals surface area contributed by atoms with Crippen molar-refractivity contribution in [2.75, 3.05) is 50.0 Å². The van der Waals surface area contributed by atoms with Crippen LogP contribution in [0.4, 0.5) is 11.6 Å². The number of nitrogens with one attached hydrogen (secondary N) is 2. The Morgan fingerprint density at radius 1 is 1.27 bits per heavy atom. The summed E-state index contributed by atoms with van der Waals surface area (Å²) in [6, 6.07) is 5.86. The van der Waals surface area contributed by atoms with Crippen molar-refractivity contribution in [2.45, 2.75) is 32.2 Å². The number of ether oxygens (including phenoxy) is 1. The van der Waals surface area contributed by atoms with Crippen molar-refractivity contribution in [3.05, 3.63) is 40.1 Å². The highest BCUT2D eigenvalue weighted by Crippen LogP contribution is 2.41. The van der Waals surface area contributed by atoms with E-state index in [1.807, 2.05) is 22.9 Å². The average Bonchev–Trinajstić information content (AvgIpc) is 3.32. The number of nitrogens with zero attached hydrogens (tertiary/aromatic N) is 5. The molecular weight excluding hydrogens is 486 g/mol. The first-order valence-electron chi connectivity index (χ1n) is 11.5. The number of aromatic nitrogens is 4. The Kier molecular flexibility index (Phi) is 6.57. The van der Waals surface area contributed by atoms with Gasteiger partial charge in [-0.05, 0) is 43.1 Å². The van der Waals surface area contributed by atoms with E-state index in [1.54, 1.807) is 6.20 Å². The molecule has 3 aromatic rings. The van der Waals surface area contributed by atoms with Crippen LogP contribution in [0.2, 0.25) is 0 Å². The van der Waals surface area contributed by atoms with Crippen LogP contribution in [0.15, 0.2) is 28.9 Å². The van der Waals surface area contributed by atoms with Crippen LogP contribution < -0.4 is 10.6 Å². The fourth-order valence-electron chi connectivity index (χ4n) is 4.54. The molecule has 2 aliphatic rings. The van der Waals surface area contributed by atoms with Gasteiger partial charge in [-0.2, -0.15) is 10.1 Å². The molecule has 1 atom stereocenters. The van der Waals surface area contributed by atoms with Crippen molar-refractivity contribution < 1.29 is 9.53 Å². The highest BCUT2D eigenvalue weighted by molar-refractivity contribution is 9.10. The van der Waals surface area contributed by atoms with Crippen LogP contribution in [0.5, 0.6) is 0 Å². The molecule has 174 valence electrons. The maximum absolute atomic E-state index is 13.0. The molecule has 0 spiro atoms. The molecule has 0 saturated carbocycles. The van der Waals surface area contributed by atoms with Gasteiger partial charge >= 0.3 is 0 Å². The smallest absolute Gasteiger partial charge is 0.238 e. The fourth-order valence-corrected chi connectivity index (χ4v) is 4.92. The number of amides is 1. The fraction of sp³-hybridized carbons (Fsp3) is 0.478. The van der Waals surface area contributed by atoms with Gasteiger partial charge in [0, 0.05) is 42.5 Å². The van der Waals surface area contributed by atoms with Crippen LogP contribution >= 0.6 is 15.9 Å². The van der Waals surface area contributed by atoms with Crippen LogP contribution in [-0.4, -0.2) is 69.9 Å². The van der Waals surface area contributed by atoms with Gasteiger partial charge in [-0.15, -0.1) is 0 Å². The normalized spacial score (nSPS) is 18.5. The summed E-state index contributed by atoms with van der Waals surface area (Å²) in [4.78, 5) is 24.6. The molecule has 1 amide bonds. The van der Waals surface area contributed by atoms with Crippen molar-refractivity contribution in [1.82, 2.24) is 24.6 Å². The molecule has 1 aromatic carbocycles. The summed E-state index contributed by atoms with van der Waals surface area (Å²) in [6.07, 6.45) is 3.70. The number of anilines is 2. The first-order chi connectivity index (χ1) is 16.1. The van der Waals surface area contributed by atoms with E-state index in [2.05, 4.69) is 48.4 Å². The van der Waals surface area contributed by atoms with Gasteiger partial charge in [0.05, 0.1) is 24.3 Å². The van der Waals surface area contributed by atoms with E-state index in [9.17, 15) is 4.79 Å². The number of carbonyl (C=O) groups is 1. The number of fused-ring (bicyclic) bond motifs is 2. The second-order valence-electron chi connectivity index (χ2n) is 8.43. The minimum absolute atomic E-state index is 0.0485. The second-order valence-corrected chi connectivity index (χ2v) is 9.34. The summed E-state index contributed by atoms with van der Waals surface area (Å²) in [5.74, 6) is 0.0775. The third-order valence-electron chi connectivity index (χ3n) is 6.13. The SMILES string of the molecule is CCCn1nc2nc(NCCCN3CCOCC3)ncc2c1C1C(=O)Nc2ccc(Br)cc21. The van der Waals surface area contributed by atoms with Crippen molar-refractivity contribution in [2.24, 2.45) is 0 Å². The molecule has 2 aromatic heterocycles. The summed E-state index contributed by atoms with van der Waals surface area (Å²) in [6.45, 7) is 8.25. The molecular formula is C23H28BrN7O2. The Hall–Kier alpha value is -2.56. The Bertz CT molecular complexity index is 1160. The van der Waals surface area contributed by atoms with Gasteiger partial charge in [0.15, 0.2) is 5.65 Å². The molecule has 0 bridgehead atoms. The molecule has 2 N–H and O–H groups in total. The van der Waals surface area contributed by atoms with Crippen molar-refractivity contribution in [3.8, 4) is 0 Å². The van der Waals surface area contributed by atoms with Crippen molar-refractivity contribution >= 4 is 44.5 Å². The zero-order valence-corrected chi connectivity index (χ0v) is 20.3. The van der Waals surface area contributed by atoms with E-state index in [4.69, 9.17) is 9.84 Å². The quantitative estimate of drug-likeness (QED) is 0.446. The van der Waals surface area contributed by atoms with Gasteiger partial charge in [-0.3, -0.25) is 14.4 Å². The molecule has 0 radical (unpaired) electrons. The Labute approximate surface area is 201 Å². The standard InChI is InChI=1S/C23H28BrN7O2/c1-2-7-31-20(19-16-13-15(24)4-5-18(16)27-22(19)32)17-14-26-23(28-21(17)29-31)25-6-3-8-30-9-11-33-12-10-30/h4-5,13-14,19H,2-3,6-12H2,1H3,(H,27,32)(H,25,28,29). The molecule has 9 nitrogen and oxygen atoms in total. The number of rotatable bonds is 8. The van der Waals surface area contributed by atoms with Crippen LogP contribution in [0.3, 0.4) is 0 Å². The van der Waals surface area contributed by atoms with E-state index < -0.39 is 5.92 Å². The molecule has 10 heteroatoms. The molecule has 4 heterocycles. The molecule has 1 saturated heterocycles. The van der Waals surface area contributed by atoms with E-state index >= 15 is 0 Å². The van der Waals surface area contributed by atoms with Crippen molar-refractivity contribution in [3.63, 3.8) is 0 Å². The van der Waals surface area contributed by atoms with Gasteiger partial charge in [-0.1, -0.05) is 22.9 Å². The highest BCUT2D eigenvalue weighted by Gasteiger charge is 2.36. The summed E-state index contributed by atoms with van der Waals surface area (Å²) in [7, 11) is 0. The highest BCUT2D eigenvalue weighted by atomic mass is 79.9. The zero-order valence-electron chi connectivity index (χ0n) is 18.7. The minimum atomic E-state index is -0.440. The van der Waals surface area contributed by atoms with E-state index in [-0.39, 0.29) is 5.91 Å². The lowest BCUT2D eigenvalue weighted by atomic mass is 9.95. The van der Waals surface area contributed by atoms with Crippen molar-refractivity contribution in [1.29, 1.82) is 0 Å². The largest absolute Gasteiger partial charge is 0.379 e. The van der Waals surface area contributed by atoms with E-state index in [1.165, 1.54) is 0 Å². The minimum Gasteiger partial charge on any atom is -0.379 e. The van der Waals surface area contributed by atoms with Gasteiger partial charge in [0.25, 0.3) is 0 Å². The predicted octanol–water partition coefficient (Wildman–Crippen LogP) is 3.22. The number of halogens is 1. The first-order valence-corrected chi connectivity index (χ1v) is 12.3. The lowest BCUT2D eigenvalue weighted by molar-refractivity contribution is -0.116. The summed E-state index contributed by atoms with van der Waals surface area (Å²) < 4.78 is 8.26. The van der Waals surface area contributed by atoms with Crippen LogP contribution in [0, 0.1) is 0 Å². The number of hydrogen-bond acceptors (Lipinski definition) is 7. The van der Waals surface area contributed by atoms with E-state index in [0.29, 0.717) is 18.1 Å². The van der Waals surface area contributed by atoms with Gasteiger partial charge in [0.2, 0.25) is 11.9 Å². The summed E-state index contributed by atoms with van der Waals surface area (Å²) >= 11 is 3.54. The number of hydrogen-bond donors (Lipinski definition) is 2. The predicted molar refractivity (Wildman–Crippen MR) is 131 cm³/mol. The lowest BCUT2D eigenvalue weighted by Crippen LogP contribution is -2.37. The molecule has 2 aliphatic heterocycles. The summed E-state index contributed by atoms with van der Waals surface area (Å²) in [5, 5.41) is 11.9. The number of morpholine rings is 1. The Morgan fingerprint density at radius 2 is 2.12 bits per heavy atom. The summed E-state index contributed by atoms with van der Waals surface area (Å²) in [5.41, 5.74) is 3.24. The van der Waals surface area contributed by atoms with Crippen LogP contribution in [0.25, 0.3) is 11.0 Å². The molecule has 1 fully saturated rings. The second kappa shape index (κ2) is 9.74. The maximum Gasteiger partial charge on any atom is 0.238 e. The molecule has 33 heavy (non-hydrogen) atoms. The topological polar surface area (TPSA) is 97.2 Å². The maximum atomic E-state index is 13.0. The zero-order chi connectivity index (χ0) is 22.8. The van der Waals surface area contributed by atoms with E-state index in [0.717, 1.165) is 79.0 Å². The molecule has 1 unspecified atom stereocenters. The van der Waals surface area contributed by atoms with Gasteiger partial charge in [-0.25, -0.2) is 4.98 Å². The van der Waals surface area contributed by atoms with Crippen LogP contribution in [-0.2, 0) is 16.1 Å². The van der Waals surface area contributed by atoms with Gasteiger partial charge in [0.1, 0.15) is 5.92 Å². The van der Waals surface area contributed by atoms with Gasteiger partial charge < -0.3 is 15.4 Å². The number of benzene rings is 1. The third kappa shape index (κ3) is 4.60. The third-order valence-corrected chi connectivity index (χ3v) is 6.62. The molecule has 0 aliphatic carbocycles. The number of aryl methyl sites for hydroxylation is 1. The monoisotopic (exact) mass is 513 g/mol. The Morgan fingerprint density at radius 3 is 2.94 bits per heavy atom. The van der Waals surface area contributed by atoms with Crippen LogP contribution in [0.1, 0.15) is 36.9 Å². The molecule has 5 rings (SSSR count).